The zero-order valence-corrected chi connectivity index (χ0v) is 11.5. The molecule has 7 heteroatoms. The zero-order chi connectivity index (χ0) is 13.5. The highest BCUT2D eigenvalue weighted by Crippen LogP contribution is 2.31. The lowest BCUT2D eigenvalue weighted by Crippen LogP contribution is -2.52. The summed E-state index contributed by atoms with van der Waals surface area (Å²) in [7, 11) is 1.59. The van der Waals surface area contributed by atoms with Crippen LogP contribution in [0.3, 0.4) is 0 Å². The van der Waals surface area contributed by atoms with E-state index in [0.29, 0.717) is 32.0 Å². The Labute approximate surface area is 115 Å². The Morgan fingerprint density at radius 1 is 1.47 bits per heavy atom. The fourth-order valence-electron chi connectivity index (χ4n) is 2.60. The Morgan fingerprint density at radius 3 is 3.05 bits per heavy atom. The molecule has 0 aromatic carbocycles. The second-order valence-electron chi connectivity index (χ2n) is 5.03. The van der Waals surface area contributed by atoms with Crippen LogP contribution in [-0.2, 0) is 16.5 Å². The lowest BCUT2D eigenvalue weighted by atomic mass is 10.0. The minimum absolute atomic E-state index is 0.216. The molecule has 3 rings (SSSR count). The summed E-state index contributed by atoms with van der Waals surface area (Å²) in [6.07, 6.45) is 2.51. The molecule has 19 heavy (non-hydrogen) atoms. The Balaban J connectivity index is 1.90. The van der Waals surface area contributed by atoms with Crippen molar-refractivity contribution in [3.8, 4) is 0 Å². The molecule has 0 radical (unpaired) electrons. The third-order valence-corrected chi connectivity index (χ3v) is 4.07. The molecule has 104 valence electrons. The van der Waals surface area contributed by atoms with E-state index in [-0.39, 0.29) is 16.2 Å². The summed E-state index contributed by atoms with van der Waals surface area (Å²) >= 11 is 6.14. The Hall–Kier alpha value is -1.11. The Kier molecular flexibility index (Phi) is 3.24. The second-order valence-corrected chi connectivity index (χ2v) is 5.41. The van der Waals surface area contributed by atoms with E-state index in [2.05, 4.69) is 10.00 Å². The fourth-order valence-corrected chi connectivity index (χ4v) is 2.89. The van der Waals surface area contributed by atoms with Crippen LogP contribution in [0, 0.1) is 0 Å². The predicted octanol–water partition coefficient (Wildman–Crippen LogP) is 0.429. The molecule has 0 N–H and O–H groups in total. The molecule has 1 atom stereocenters. The number of ether oxygens (including phenoxy) is 2. The Morgan fingerprint density at radius 2 is 2.32 bits per heavy atom. The molecule has 0 aliphatic carbocycles. The van der Waals surface area contributed by atoms with Crippen LogP contribution in [0.5, 0.6) is 0 Å². The van der Waals surface area contributed by atoms with Crippen LogP contribution in [0.1, 0.15) is 6.42 Å². The number of morpholine rings is 1. The number of rotatable bonds is 1. The first-order valence-corrected chi connectivity index (χ1v) is 6.68. The van der Waals surface area contributed by atoms with Crippen molar-refractivity contribution in [1.82, 2.24) is 9.78 Å². The summed E-state index contributed by atoms with van der Waals surface area (Å²) in [6.45, 7) is 3.31. The average Bonchev–Trinajstić information content (AvgIpc) is 2.84. The van der Waals surface area contributed by atoms with Gasteiger partial charge in [-0.1, -0.05) is 11.6 Å². The van der Waals surface area contributed by atoms with E-state index in [9.17, 15) is 4.79 Å². The van der Waals surface area contributed by atoms with Crippen LogP contribution >= 0.6 is 11.6 Å². The van der Waals surface area contributed by atoms with Gasteiger partial charge in [0.2, 0.25) is 0 Å². The molecule has 2 aliphatic heterocycles. The van der Waals surface area contributed by atoms with Gasteiger partial charge in [-0.15, -0.1) is 0 Å². The van der Waals surface area contributed by atoms with E-state index in [4.69, 9.17) is 21.1 Å². The van der Waals surface area contributed by atoms with Crippen LogP contribution in [-0.4, -0.2) is 48.3 Å². The first-order chi connectivity index (χ1) is 9.11. The van der Waals surface area contributed by atoms with Gasteiger partial charge in [-0.2, -0.15) is 5.10 Å². The van der Waals surface area contributed by atoms with E-state index < -0.39 is 0 Å². The van der Waals surface area contributed by atoms with Gasteiger partial charge < -0.3 is 14.4 Å². The average molecular weight is 286 g/mol. The number of aryl methyl sites for hydroxylation is 1. The van der Waals surface area contributed by atoms with Gasteiger partial charge in [0.05, 0.1) is 25.1 Å². The number of halogens is 1. The summed E-state index contributed by atoms with van der Waals surface area (Å²) in [5.74, 6) is 0. The van der Waals surface area contributed by atoms with Gasteiger partial charge in [0.1, 0.15) is 10.6 Å². The van der Waals surface area contributed by atoms with Gasteiger partial charge in [0.25, 0.3) is 5.56 Å². The molecule has 2 aliphatic rings. The number of hydrogen-bond donors (Lipinski definition) is 0. The quantitative estimate of drug-likeness (QED) is 0.749. The van der Waals surface area contributed by atoms with Gasteiger partial charge in [0.15, 0.2) is 0 Å². The highest BCUT2D eigenvalue weighted by molar-refractivity contribution is 6.33. The van der Waals surface area contributed by atoms with Gasteiger partial charge in [0, 0.05) is 33.2 Å². The molecule has 1 spiro atoms. The molecule has 1 aromatic heterocycles. The lowest BCUT2D eigenvalue weighted by molar-refractivity contribution is -0.0579. The van der Waals surface area contributed by atoms with Gasteiger partial charge in [-0.05, 0) is 0 Å². The van der Waals surface area contributed by atoms with Crippen molar-refractivity contribution >= 4 is 17.3 Å². The third-order valence-electron chi connectivity index (χ3n) is 3.72. The van der Waals surface area contributed by atoms with Crippen molar-refractivity contribution in [2.45, 2.75) is 12.0 Å². The Bertz CT molecular complexity index is 540. The van der Waals surface area contributed by atoms with Crippen LogP contribution < -0.4 is 10.5 Å². The van der Waals surface area contributed by atoms with E-state index in [0.717, 1.165) is 13.0 Å². The molecule has 0 amide bonds. The van der Waals surface area contributed by atoms with E-state index in [1.54, 1.807) is 13.2 Å². The van der Waals surface area contributed by atoms with Crippen molar-refractivity contribution in [2.24, 2.45) is 7.05 Å². The molecule has 6 nitrogen and oxygen atoms in total. The van der Waals surface area contributed by atoms with E-state index in [1.165, 1.54) is 4.68 Å². The minimum Gasteiger partial charge on any atom is -0.378 e. The van der Waals surface area contributed by atoms with Gasteiger partial charge in [-0.3, -0.25) is 4.79 Å². The van der Waals surface area contributed by atoms with Crippen molar-refractivity contribution in [3.63, 3.8) is 0 Å². The minimum atomic E-state index is -0.276. The summed E-state index contributed by atoms with van der Waals surface area (Å²) in [6, 6.07) is 0. The lowest BCUT2D eigenvalue weighted by Gasteiger charge is -2.40. The summed E-state index contributed by atoms with van der Waals surface area (Å²) in [4.78, 5) is 13.9. The van der Waals surface area contributed by atoms with E-state index >= 15 is 0 Å². The molecule has 1 aromatic rings. The molecular weight excluding hydrogens is 270 g/mol. The van der Waals surface area contributed by atoms with Crippen molar-refractivity contribution in [2.75, 3.05) is 37.8 Å². The van der Waals surface area contributed by atoms with Crippen LogP contribution in [0.2, 0.25) is 5.02 Å². The standard InChI is InChI=1S/C12H16ClN3O3/c1-15-11(17)10(13)9(6-14-15)16-3-5-19-12(7-16)2-4-18-8-12/h6H,2-5,7-8H2,1H3. The summed E-state index contributed by atoms with van der Waals surface area (Å²) in [5, 5.41) is 4.25. The number of aromatic nitrogens is 2. The van der Waals surface area contributed by atoms with Crippen molar-refractivity contribution < 1.29 is 9.47 Å². The fraction of sp³-hybridized carbons (Fsp3) is 0.667. The SMILES string of the molecule is Cn1ncc(N2CCOC3(CCOC3)C2)c(Cl)c1=O. The maximum absolute atomic E-state index is 11.8. The molecule has 3 heterocycles. The smallest absolute Gasteiger partial charge is 0.287 e. The van der Waals surface area contributed by atoms with E-state index in [1.807, 2.05) is 0 Å². The predicted molar refractivity (Wildman–Crippen MR) is 70.8 cm³/mol. The third kappa shape index (κ3) is 2.24. The van der Waals surface area contributed by atoms with Crippen molar-refractivity contribution in [3.05, 3.63) is 21.6 Å². The topological polar surface area (TPSA) is 56.6 Å². The molecule has 2 saturated heterocycles. The largest absolute Gasteiger partial charge is 0.378 e. The number of nitrogens with zero attached hydrogens (tertiary/aromatic N) is 3. The molecule has 2 fully saturated rings. The van der Waals surface area contributed by atoms with Gasteiger partial charge in [-0.25, -0.2) is 4.68 Å². The number of hydrogen-bond acceptors (Lipinski definition) is 5. The molecule has 0 saturated carbocycles. The molecular formula is C12H16ClN3O3. The second kappa shape index (κ2) is 4.77. The van der Waals surface area contributed by atoms with Crippen molar-refractivity contribution in [1.29, 1.82) is 0 Å². The van der Waals surface area contributed by atoms with Crippen LogP contribution in [0.15, 0.2) is 11.0 Å². The zero-order valence-electron chi connectivity index (χ0n) is 10.8. The maximum atomic E-state index is 11.8. The van der Waals surface area contributed by atoms with Crippen LogP contribution in [0.4, 0.5) is 5.69 Å². The normalized spacial score (nSPS) is 27.2. The van der Waals surface area contributed by atoms with Crippen LogP contribution in [0.25, 0.3) is 0 Å². The summed E-state index contributed by atoms with van der Waals surface area (Å²) in [5.41, 5.74) is 0.143. The van der Waals surface area contributed by atoms with Gasteiger partial charge >= 0.3 is 0 Å². The first-order valence-electron chi connectivity index (χ1n) is 6.30. The number of anilines is 1. The highest BCUT2D eigenvalue weighted by atomic mass is 35.5. The molecule has 1 unspecified atom stereocenters. The first kappa shape index (κ1) is 12.9. The summed E-state index contributed by atoms with van der Waals surface area (Å²) < 4.78 is 12.5. The monoisotopic (exact) mass is 285 g/mol. The molecule has 0 bridgehead atoms. The maximum Gasteiger partial charge on any atom is 0.287 e. The highest BCUT2D eigenvalue weighted by Gasteiger charge is 2.41.